The number of nitrogens with zero attached hydrogens (tertiary/aromatic N) is 2. The van der Waals surface area contributed by atoms with Gasteiger partial charge in [-0.3, -0.25) is 19.8 Å². The number of halogens is 3. The zero-order chi connectivity index (χ0) is 21.6. The van der Waals surface area contributed by atoms with E-state index >= 15 is 0 Å². The van der Waals surface area contributed by atoms with Gasteiger partial charge in [0.25, 0.3) is 17.1 Å². The van der Waals surface area contributed by atoms with Crippen molar-refractivity contribution in [3.8, 4) is 0 Å². The second kappa shape index (κ2) is 7.89. The third-order valence-corrected chi connectivity index (χ3v) is 6.17. The summed E-state index contributed by atoms with van der Waals surface area (Å²) in [5, 5.41) is 1.91. The van der Waals surface area contributed by atoms with Gasteiger partial charge < -0.3 is 4.90 Å². The van der Waals surface area contributed by atoms with Crippen LogP contribution in [0.3, 0.4) is 0 Å². The second-order valence-electron chi connectivity index (χ2n) is 8.28. The molecule has 29 heavy (non-hydrogen) atoms. The van der Waals surface area contributed by atoms with Crippen LogP contribution in [0, 0.1) is 0 Å². The van der Waals surface area contributed by atoms with Gasteiger partial charge in [-0.1, -0.05) is 11.6 Å². The number of rotatable bonds is 3. The van der Waals surface area contributed by atoms with E-state index < -0.39 is 17.1 Å². The van der Waals surface area contributed by atoms with E-state index in [1.54, 1.807) is 0 Å². The molecule has 1 N–H and O–H groups in total. The Morgan fingerprint density at radius 1 is 1.10 bits per heavy atom. The Morgan fingerprint density at radius 3 is 2.21 bits per heavy atom. The Kier molecular flexibility index (Phi) is 6.00. The third-order valence-electron chi connectivity index (χ3n) is 5.07. The highest BCUT2D eigenvalue weighted by Gasteiger charge is 2.32. The van der Waals surface area contributed by atoms with Gasteiger partial charge in [0.2, 0.25) is 0 Å². The largest absolute Gasteiger partial charge is 0.367 e. The molecule has 0 bridgehead atoms. The van der Waals surface area contributed by atoms with Crippen molar-refractivity contribution in [2.24, 2.45) is 0 Å². The topological polar surface area (TPSA) is 52.6 Å². The number of hydrogen-bond acceptors (Lipinski definition) is 5. The summed E-state index contributed by atoms with van der Waals surface area (Å²) in [6.45, 7) is 10.2. The number of hydrogen-bond donors (Lipinski definition) is 1. The molecule has 1 aromatic rings. The van der Waals surface area contributed by atoms with Crippen LogP contribution in [0.15, 0.2) is 17.0 Å². The second-order valence-corrected chi connectivity index (χ2v) is 9.70. The lowest BCUT2D eigenvalue weighted by Gasteiger charge is -2.43. The van der Waals surface area contributed by atoms with Crippen LogP contribution in [0.5, 0.6) is 0 Å². The highest BCUT2D eigenvalue weighted by molar-refractivity contribution is 8.18. The molecular weight excluding hydrogens is 420 g/mol. The summed E-state index contributed by atoms with van der Waals surface area (Å²) in [7, 11) is 0. The number of nitrogens with one attached hydrogen (secondary N) is 1. The molecule has 0 unspecified atom stereocenters. The molecular formula is C20H24ClF2N3O2S. The van der Waals surface area contributed by atoms with Crippen LogP contribution in [0.25, 0.3) is 6.08 Å². The van der Waals surface area contributed by atoms with Crippen LogP contribution in [-0.2, 0) is 10.7 Å². The van der Waals surface area contributed by atoms with E-state index in [-0.39, 0.29) is 21.0 Å². The summed E-state index contributed by atoms with van der Waals surface area (Å²) in [6, 6.07) is 2.63. The molecule has 2 amide bonds. The Balaban J connectivity index is 2.01. The molecule has 0 atom stereocenters. The Bertz CT molecular complexity index is 870. The molecule has 0 saturated carbocycles. The van der Waals surface area contributed by atoms with Crippen LogP contribution in [-0.4, -0.2) is 47.8 Å². The highest BCUT2D eigenvalue weighted by atomic mass is 35.5. The third kappa shape index (κ3) is 4.92. The van der Waals surface area contributed by atoms with Gasteiger partial charge in [-0.15, -0.1) is 0 Å². The average Bonchev–Trinajstić information content (AvgIpc) is 2.90. The van der Waals surface area contributed by atoms with Gasteiger partial charge in [-0.2, -0.15) is 0 Å². The van der Waals surface area contributed by atoms with Crippen molar-refractivity contribution in [1.29, 1.82) is 0 Å². The molecule has 5 nitrogen and oxygen atoms in total. The standard InChI is InChI=1S/C20H24ClF2N3O2S/c1-19(2,3)26-7-5-25(6-8-26)16-12(10-15-17(27)24-18(28)29-15)9-13(11-14(16)21)20(4,22)23/h9-11H,5-8H2,1-4H3,(H,24,27,28). The first-order chi connectivity index (χ1) is 13.4. The predicted octanol–water partition coefficient (Wildman–Crippen LogP) is 4.70. The molecule has 0 aromatic heterocycles. The summed E-state index contributed by atoms with van der Waals surface area (Å²) in [5.74, 6) is -3.62. The SMILES string of the molecule is CC(F)(F)c1cc(Cl)c(N2CCN(C(C)(C)C)CC2)c(C=C2SC(=O)NC2=O)c1. The molecule has 158 valence electrons. The number of alkyl halides is 2. The van der Waals surface area contributed by atoms with E-state index in [4.69, 9.17) is 11.6 Å². The van der Waals surface area contributed by atoms with E-state index in [0.717, 1.165) is 31.8 Å². The maximum Gasteiger partial charge on any atom is 0.290 e. The zero-order valence-corrected chi connectivity index (χ0v) is 18.4. The Labute approximate surface area is 178 Å². The van der Waals surface area contributed by atoms with E-state index in [1.807, 2.05) is 4.90 Å². The minimum absolute atomic E-state index is 0.0355. The summed E-state index contributed by atoms with van der Waals surface area (Å²) in [5.41, 5.74) is 0.813. The summed E-state index contributed by atoms with van der Waals surface area (Å²) < 4.78 is 28.0. The van der Waals surface area contributed by atoms with Crippen molar-refractivity contribution in [2.75, 3.05) is 31.1 Å². The quantitative estimate of drug-likeness (QED) is 0.686. The first-order valence-corrected chi connectivity index (χ1v) is 10.5. The molecule has 2 aliphatic rings. The molecule has 0 radical (unpaired) electrons. The molecule has 2 aliphatic heterocycles. The van der Waals surface area contributed by atoms with Gasteiger partial charge >= 0.3 is 0 Å². The van der Waals surface area contributed by atoms with Gasteiger partial charge in [0.15, 0.2) is 0 Å². The van der Waals surface area contributed by atoms with Gasteiger partial charge in [-0.05, 0) is 50.7 Å². The normalized spacial score (nSPS) is 20.5. The van der Waals surface area contributed by atoms with Crippen molar-refractivity contribution in [1.82, 2.24) is 10.2 Å². The molecule has 0 aliphatic carbocycles. The van der Waals surface area contributed by atoms with Gasteiger partial charge in [-0.25, -0.2) is 8.78 Å². The first kappa shape index (κ1) is 22.1. The highest BCUT2D eigenvalue weighted by Crippen LogP contribution is 2.40. The molecule has 2 fully saturated rings. The van der Waals surface area contributed by atoms with Crippen LogP contribution in [0.1, 0.15) is 38.8 Å². The molecule has 2 heterocycles. The Hall–Kier alpha value is -1.64. The number of imide groups is 1. The minimum atomic E-state index is -3.08. The number of piperazine rings is 1. The number of thioether (sulfide) groups is 1. The maximum absolute atomic E-state index is 14.0. The number of carbonyl (C=O) groups excluding carboxylic acids is 2. The van der Waals surface area contributed by atoms with E-state index in [2.05, 4.69) is 31.0 Å². The monoisotopic (exact) mass is 443 g/mol. The van der Waals surface area contributed by atoms with Gasteiger partial charge in [0.05, 0.1) is 15.6 Å². The van der Waals surface area contributed by atoms with Crippen LogP contribution < -0.4 is 10.2 Å². The fourth-order valence-electron chi connectivity index (χ4n) is 3.48. The van der Waals surface area contributed by atoms with E-state index in [1.165, 1.54) is 18.2 Å². The van der Waals surface area contributed by atoms with Crippen molar-refractivity contribution < 1.29 is 18.4 Å². The van der Waals surface area contributed by atoms with Gasteiger partial charge in [0, 0.05) is 49.8 Å². The molecule has 3 rings (SSSR count). The first-order valence-electron chi connectivity index (χ1n) is 9.33. The van der Waals surface area contributed by atoms with Crippen molar-refractivity contribution in [2.45, 2.75) is 39.2 Å². The van der Waals surface area contributed by atoms with Crippen molar-refractivity contribution >= 4 is 46.3 Å². The molecule has 9 heteroatoms. The van der Waals surface area contributed by atoms with Gasteiger partial charge in [0.1, 0.15) is 0 Å². The number of carbonyl (C=O) groups is 2. The molecule has 0 spiro atoms. The summed E-state index contributed by atoms with van der Waals surface area (Å²) in [6.07, 6.45) is 1.47. The van der Waals surface area contributed by atoms with Crippen LogP contribution in [0.4, 0.5) is 19.3 Å². The lowest BCUT2D eigenvalue weighted by atomic mass is 10.0. The van der Waals surface area contributed by atoms with Crippen LogP contribution >= 0.6 is 23.4 Å². The minimum Gasteiger partial charge on any atom is -0.367 e. The molecule has 2 saturated heterocycles. The number of amides is 2. The maximum atomic E-state index is 14.0. The smallest absolute Gasteiger partial charge is 0.290 e. The fraction of sp³-hybridized carbons (Fsp3) is 0.500. The van der Waals surface area contributed by atoms with Crippen molar-refractivity contribution in [3.63, 3.8) is 0 Å². The fourth-order valence-corrected chi connectivity index (χ4v) is 4.50. The predicted molar refractivity (Wildman–Crippen MR) is 114 cm³/mol. The van der Waals surface area contributed by atoms with Crippen molar-refractivity contribution in [3.05, 3.63) is 33.2 Å². The van der Waals surface area contributed by atoms with E-state index in [0.29, 0.717) is 24.3 Å². The van der Waals surface area contributed by atoms with E-state index in [9.17, 15) is 18.4 Å². The average molecular weight is 444 g/mol. The Morgan fingerprint density at radius 2 is 1.72 bits per heavy atom. The lowest BCUT2D eigenvalue weighted by molar-refractivity contribution is -0.115. The summed E-state index contributed by atoms with van der Waals surface area (Å²) >= 11 is 7.21. The van der Waals surface area contributed by atoms with Crippen LogP contribution in [0.2, 0.25) is 5.02 Å². The zero-order valence-electron chi connectivity index (χ0n) is 16.8. The number of benzene rings is 1. The number of anilines is 1. The molecule has 1 aromatic carbocycles. The summed E-state index contributed by atoms with van der Waals surface area (Å²) in [4.78, 5) is 28.0. The lowest BCUT2D eigenvalue weighted by Crippen LogP contribution is -2.53.